The van der Waals surface area contributed by atoms with Crippen LogP contribution in [-0.2, 0) is 0 Å². The van der Waals surface area contributed by atoms with Crippen LogP contribution < -0.4 is 9.64 Å². The highest BCUT2D eigenvalue weighted by Crippen LogP contribution is 2.48. The maximum atomic E-state index is 6.08. The molecule has 0 saturated carbocycles. The topological polar surface area (TPSA) is 17.4 Å². The number of fused-ring (bicyclic) bond motifs is 8. The van der Waals surface area contributed by atoms with Crippen LogP contribution in [0.4, 0.5) is 5.82 Å². The Bertz CT molecular complexity index is 2280. The lowest BCUT2D eigenvalue weighted by Crippen LogP contribution is -2.25. The van der Waals surface area contributed by atoms with E-state index in [4.69, 9.17) is 4.74 Å². The van der Waals surface area contributed by atoms with Gasteiger partial charge in [0.05, 0.1) is 18.3 Å². The summed E-state index contributed by atoms with van der Waals surface area (Å²) in [6, 6.07) is 41.6. The third-order valence-corrected chi connectivity index (χ3v) is 9.82. The number of hydrogen-bond donors (Lipinski definition) is 0. The zero-order valence-electron chi connectivity index (χ0n) is 25.9. The second-order valence-electron chi connectivity index (χ2n) is 12.3. The van der Waals surface area contributed by atoms with E-state index in [1.807, 2.05) is 0 Å². The summed E-state index contributed by atoms with van der Waals surface area (Å²) in [5.74, 6) is 2.37. The van der Waals surface area contributed by atoms with Gasteiger partial charge in [-0.3, -0.25) is 9.47 Å². The minimum Gasteiger partial charge on any atom is -0.496 e. The average Bonchev–Trinajstić information content (AvgIpc) is 3.45. The number of benzene rings is 5. The fraction of sp³-hybridized carbons (Fsp3) is 0.116. The lowest BCUT2D eigenvalue weighted by molar-refractivity contribution is 0.409. The van der Waals surface area contributed by atoms with E-state index >= 15 is 0 Å². The molecule has 1 unspecified atom stereocenters. The molecule has 0 radical (unpaired) electrons. The molecule has 0 N–H and O–H groups in total. The number of nitrogens with zero attached hydrogens (tertiary/aromatic N) is 2. The van der Waals surface area contributed by atoms with Crippen LogP contribution in [0.25, 0.3) is 44.1 Å². The summed E-state index contributed by atoms with van der Waals surface area (Å²) in [6.45, 7) is 0. The van der Waals surface area contributed by atoms with Crippen molar-refractivity contribution >= 4 is 33.1 Å². The van der Waals surface area contributed by atoms with Gasteiger partial charge in [-0.2, -0.15) is 0 Å². The van der Waals surface area contributed by atoms with Gasteiger partial charge in [0.25, 0.3) is 0 Å². The van der Waals surface area contributed by atoms with E-state index in [1.54, 1.807) is 7.11 Å². The lowest BCUT2D eigenvalue weighted by atomic mass is 9.87. The summed E-state index contributed by atoms with van der Waals surface area (Å²) in [5.41, 5.74) is 11.2. The van der Waals surface area contributed by atoms with Gasteiger partial charge in [0.1, 0.15) is 11.6 Å². The van der Waals surface area contributed by atoms with E-state index < -0.39 is 0 Å². The van der Waals surface area contributed by atoms with Crippen molar-refractivity contribution in [2.24, 2.45) is 0 Å². The van der Waals surface area contributed by atoms with E-state index in [1.165, 1.54) is 66.8 Å². The Morgan fingerprint density at radius 3 is 2.43 bits per heavy atom. The Kier molecular flexibility index (Phi) is 6.31. The number of hydrogen-bond acceptors (Lipinski definition) is 2. The molecule has 1 aromatic heterocycles. The van der Waals surface area contributed by atoms with Crippen molar-refractivity contribution in [1.29, 1.82) is 0 Å². The van der Waals surface area contributed by atoms with Crippen molar-refractivity contribution in [3.63, 3.8) is 0 Å². The van der Waals surface area contributed by atoms with Gasteiger partial charge in [0.2, 0.25) is 0 Å². The third-order valence-electron chi connectivity index (χ3n) is 9.82. The van der Waals surface area contributed by atoms with Gasteiger partial charge in [0.15, 0.2) is 0 Å². The quantitative estimate of drug-likeness (QED) is 0.202. The first-order valence-electron chi connectivity index (χ1n) is 16.2. The number of allylic oxidation sites excluding steroid dienone is 7. The van der Waals surface area contributed by atoms with Crippen LogP contribution in [-0.4, -0.2) is 11.7 Å². The molecule has 222 valence electrons. The normalized spacial score (nSPS) is 17.0. The Morgan fingerprint density at radius 1 is 0.761 bits per heavy atom. The van der Waals surface area contributed by atoms with Crippen molar-refractivity contribution < 1.29 is 4.74 Å². The van der Waals surface area contributed by atoms with Crippen LogP contribution in [0.3, 0.4) is 0 Å². The Balaban J connectivity index is 1.21. The monoisotopic (exact) mass is 594 g/mol. The zero-order valence-corrected chi connectivity index (χ0v) is 25.9. The maximum Gasteiger partial charge on any atom is 0.130 e. The highest BCUT2D eigenvalue weighted by molar-refractivity contribution is 6.04. The van der Waals surface area contributed by atoms with E-state index in [0.29, 0.717) is 0 Å². The van der Waals surface area contributed by atoms with Crippen LogP contribution in [0.5, 0.6) is 5.75 Å². The van der Waals surface area contributed by atoms with Crippen LogP contribution in [0.15, 0.2) is 157 Å². The van der Waals surface area contributed by atoms with Crippen LogP contribution in [0.1, 0.15) is 36.3 Å². The first-order valence-corrected chi connectivity index (χ1v) is 16.2. The molecule has 3 heteroatoms. The van der Waals surface area contributed by atoms with Crippen molar-refractivity contribution in [2.45, 2.75) is 25.2 Å². The molecular weight excluding hydrogens is 560 g/mol. The number of ether oxygens (including phenoxy) is 1. The van der Waals surface area contributed by atoms with Gasteiger partial charge in [-0.15, -0.1) is 0 Å². The molecular formula is C43H34N2O. The second kappa shape index (κ2) is 10.8. The lowest BCUT2D eigenvalue weighted by Gasteiger charge is -2.32. The fourth-order valence-corrected chi connectivity index (χ4v) is 7.75. The first kappa shape index (κ1) is 26.8. The van der Waals surface area contributed by atoms with Gasteiger partial charge in [0, 0.05) is 45.0 Å². The molecule has 2 aliphatic carbocycles. The summed E-state index contributed by atoms with van der Waals surface area (Å²) in [5, 5.41) is 3.81. The minimum atomic E-state index is 0.223. The van der Waals surface area contributed by atoms with E-state index in [0.717, 1.165) is 30.6 Å². The smallest absolute Gasteiger partial charge is 0.130 e. The molecule has 0 fully saturated rings. The van der Waals surface area contributed by atoms with Crippen LogP contribution >= 0.6 is 0 Å². The summed E-state index contributed by atoms with van der Waals surface area (Å²) >= 11 is 0. The minimum absolute atomic E-state index is 0.223. The molecule has 0 spiro atoms. The van der Waals surface area contributed by atoms with Gasteiger partial charge >= 0.3 is 0 Å². The van der Waals surface area contributed by atoms with Gasteiger partial charge < -0.3 is 4.74 Å². The maximum absolute atomic E-state index is 6.08. The molecule has 9 rings (SSSR count). The number of rotatable bonds is 4. The largest absolute Gasteiger partial charge is 0.496 e. The first-order chi connectivity index (χ1) is 22.8. The number of anilines is 1. The Morgan fingerprint density at radius 2 is 1.59 bits per heavy atom. The zero-order chi connectivity index (χ0) is 30.6. The van der Waals surface area contributed by atoms with Crippen LogP contribution in [0.2, 0.25) is 0 Å². The Labute approximate surface area is 269 Å². The SMILES string of the molecule is COc1c(-c2ccccc2)cccc1C1C=CC(N2C3=C(C=CCC3)c3c(ccc4ccccc34)-n3c2cc2ccccc23)=CC1. The van der Waals surface area contributed by atoms with E-state index in [-0.39, 0.29) is 5.92 Å². The van der Waals surface area contributed by atoms with Gasteiger partial charge in [-0.25, -0.2) is 0 Å². The van der Waals surface area contributed by atoms with Crippen molar-refractivity contribution in [3.8, 4) is 22.6 Å². The van der Waals surface area contributed by atoms with Crippen molar-refractivity contribution in [3.05, 3.63) is 168 Å². The molecule has 0 saturated heterocycles. The molecule has 46 heavy (non-hydrogen) atoms. The molecule has 5 aromatic carbocycles. The molecule has 0 amide bonds. The number of aromatic nitrogens is 1. The average molecular weight is 595 g/mol. The molecule has 0 bridgehead atoms. The predicted octanol–water partition coefficient (Wildman–Crippen LogP) is 11.0. The molecule has 1 aliphatic heterocycles. The molecule has 3 nitrogen and oxygen atoms in total. The highest BCUT2D eigenvalue weighted by atomic mass is 16.5. The van der Waals surface area contributed by atoms with E-state index in [9.17, 15) is 0 Å². The fourth-order valence-electron chi connectivity index (χ4n) is 7.75. The Hall–Kier alpha value is -5.54. The molecule has 3 aliphatic rings. The molecule has 1 atom stereocenters. The third kappa shape index (κ3) is 4.12. The number of para-hydroxylation sites is 2. The van der Waals surface area contributed by atoms with Gasteiger partial charge in [-0.1, -0.05) is 121 Å². The number of methoxy groups -OCH3 is 1. The predicted molar refractivity (Wildman–Crippen MR) is 192 cm³/mol. The summed E-state index contributed by atoms with van der Waals surface area (Å²) in [7, 11) is 1.79. The summed E-state index contributed by atoms with van der Waals surface area (Å²) in [6.07, 6.45) is 14.7. The van der Waals surface area contributed by atoms with Crippen LogP contribution in [0, 0.1) is 0 Å². The summed E-state index contributed by atoms with van der Waals surface area (Å²) in [4.78, 5) is 2.54. The second-order valence-corrected chi connectivity index (χ2v) is 12.3. The standard InChI is InChI=1S/C43H34N2O/c1-46-43-35(29-12-3-2-4-13-29)18-11-19-36(43)31-22-25-33(26-23-31)44-39-21-10-8-17-37(39)42-34-16-7-5-14-30(34)24-27-40(42)45-38-20-9-6-15-32(38)28-41(44)45/h2-9,11-20,22,24-28,31H,10,21,23H2,1H3. The van der Waals surface area contributed by atoms with Crippen molar-refractivity contribution in [1.82, 2.24) is 4.57 Å². The molecule has 2 heterocycles. The summed E-state index contributed by atoms with van der Waals surface area (Å²) < 4.78 is 8.56. The van der Waals surface area contributed by atoms with Crippen molar-refractivity contribution in [2.75, 3.05) is 12.0 Å². The van der Waals surface area contributed by atoms with E-state index in [2.05, 4.69) is 155 Å². The highest BCUT2D eigenvalue weighted by Gasteiger charge is 2.32. The van der Waals surface area contributed by atoms with Gasteiger partial charge in [-0.05, 0) is 59.9 Å². The molecule has 6 aromatic rings.